The highest BCUT2D eigenvalue weighted by Crippen LogP contribution is 2.25. The molecule has 1 heteroatoms. The zero-order valence-electron chi connectivity index (χ0n) is 7.47. The normalized spacial score (nSPS) is 31.9. The molecule has 2 rings (SSSR count). The largest absolute Gasteiger partial charge is 0.239 e. The smallest absolute Gasteiger partial charge is 0.152 e. The lowest BCUT2D eigenvalue weighted by Crippen LogP contribution is -2.09. The van der Waals surface area contributed by atoms with Crippen LogP contribution in [0.25, 0.3) is 0 Å². The zero-order chi connectivity index (χ0) is 7.68. The van der Waals surface area contributed by atoms with Crippen molar-refractivity contribution in [3.05, 3.63) is 0 Å². The fraction of sp³-hybridized carbons (Fsp3) is 0.900. The summed E-state index contributed by atoms with van der Waals surface area (Å²) in [7, 11) is 2.26. The third-order valence-electron chi connectivity index (χ3n) is 3.17. The zero-order valence-corrected chi connectivity index (χ0v) is 7.47. The lowest BCUT2D eigenvalue weighted by Gasteiger charge is -2.07. The van der Waals surface area contributed by atoms with Crippen molar-refractivity contribution in [2.75, 3.05) is 13.6 Å². The molecule has 0 saturated heterocycles. The van der Waals surface area contributed by atoms with E-state index in [4.69, 9.17) is 0 Å². The van der Waals surface area contributed by atoms with Crippen molar-refractivity contribution in [3.63, 3.8) is 0 Å². The second kappa shape index (κ2) is 2.96. The first kappa shape index (κ1) is 7.33. The van der Waals surface area contributed by atoms with E-state index in [1.165, 1.54) is 45.1 Å². The molecule has 0 amide bonds. The summed E-state index contributed by atoms with van der Waals surface area (Å²) < 4.78 is 2.50. The molecule has 2 bridgehead atoms. The lowest BCUT2D eigenvalue weighted by atomic mass is 9.93. The van der Waals surface area contributed by atoms with Crippen molar-refractivity contribution in [1.82, 2.24) is 0 Å². The van der Waals surface area contributed by atoms with E-state index in [1.807, 2.05) is 0 Å². The molecular weight excluding hydrogens is 134 g/mol. The van der Waals surface area contributed by atoms with Crippen molar-refractivity contribution >= 4 is 5.71 Å². The Morgan fingerprint density at radius 2 is 2.18 bits per heavy atom. The highest BCUT2D eigenvalue weighted by molar-refractivity contribution is 5.80. The van der Waals surface area contributed by atoms with Gasteiger partial charge in [-0.1, -0.05) is 12.8 Å². The SMILES string of the molecule is C[N+]1=C2CCCCCC(C2)C1. The quantitative estimate of drug-likeness (QED) is 0.467. The van der Waals surface area contributed by atoms with Crippen LogP contribution in [0.3, 0.4) is 0 Å². The van der Waals surface area contributed by atoms with Crippen LogP contribution in [0.15, 0.2) is 0 Å². The van der Waals surface area contributed by atoms with Gasteiger partial charge in [0.2, 0.25) is 0 Å². The molecule has 2 aliphatic rings. The Balaban J connectivity index is 2.08. The fourth-order valence-corrected chi connectivity index (χ4v) is 2.50. The number of rotatable bonds is 0. The van der Waals surface area contributed by atoms with Crippen LogP contribution in [0.4, 0.5) is 0 Å². The molecule has 1 aliphatic carbocycles. The number of nitrogens with zero attached hydrogens (tertiary/aromatic N) is 1. The van der Waals surface area contributed by atoms with Crippen LogP contribution in [0.1, 0.15) is 38.5 Å². The fourth-order valence-electron chi connectivity index (χ4n) is 2.50. The summed E-state index contributed by atoms with van der Waals surface area (Å²) in [6.07, 6.45) is 8.66. The van der Waals surface area contributed by atoms with Gasteiger partial charge in [0.15, 0.2) is 5.71 Å². The minimum absolute atomic E-state index is 1.01. The van der Waals surface area contributed by atoms with E-state index in [0.29, 0.717) is 0 Å². The van der Waals surface area contributed by atoms with Gasteiger partial charge in [0, 0.05) is 18.8 Å². The van der Waals surface area contributed by atoms with Gasteiger partial charge in [-0.05, 0) is 12.8 Å². The van der Waals surface area contributed by atoms with Gasteiger partial charge in [0.05, 0.1) is 0 Å². The first-order valence-corrected chi connectivity index (χ1v) is 4.92. The summed E-state index contributed by atoms with van der Waals surface area (Å²) in [5.74, 6) is 1.01. The first-order chi connectivity index (χ1) is 5.36. The molecule has 0 N–H and O–H groups in total. The maximum atomic E-state index is 2.50. The summed E-state index contributed by atoms with van der Waals surface area (Å²) >= 11 is 0. The average Bonchev–Trinajstić information content (AvgIpc) is 2.27. The third kappa shape index (κ3) is 1.47. The van der Waals surface area contributed by atoms with Gasteiger partial charge in [-0.2, -0.15) is 0 Å². The standard InChI is InChI=1S/C10H18N/c1-11-8-9-5-3-2-4-6-10(11)7-9/h9H,2-8H2,1H3/q+1. The topological polar surface area (TPSA) is 3.01 Å². The van der Waals surface area contributed by atoms with E-state index in [-0.39, 0.29) is 0 Å². The van der Waals surface area contributed by atoms with Gasteiger partial charge in [-0.25, -0.2) is 4.58 Å². The van der Waals surface area contributed by atoms with Gasteiger partial charge >= 0.3 is 0 Å². The van der Waals surface area contributed by atoms with E-state index >= 15 is 0 Å². The van der Waals surface area contributed by atoms with Crippen LogP contribution in [-0.2, 0) is 0 Å². The summed E-state index contributed by atoms with van der Waals surface area (Å²) in [5, 5.41) is 0. The number of fused-ring (bicyclic) bond motifs is 2. The van der Waals surface area contributed by atoms with Crippen LogP contribution in [0, 0.1) is 5.92 Å². The first-order valence-electron chi connectivity index (χ1n) is 4.92. The number of hydrogen-bond acceptors (Lipinski definition) is 0. The maximum absolute atomic E-state index is 2.50. The molecule has 1 heterocycles. The van der Waals surface area contributed by atoms with Gasteiger partial charge in [0.25, 0.3) is 0 Å². The van der Waals surface area contributed by atoms with E-state index < -0.39 is 0 Å². The van der Waals surface area contributed by atoms with Gasteiger partial charge in [0.1, 0.15) is 13.6 Å². The monoisotopic (exact) mass is 152 g/mol. The van der Waals surface area contributed by atoms with Crippen LogP contribution >= 0.6 is 0 Å². The van der Waals surface area contributed by atoms with E-state index in [9.17, 15) is 0 Å². The molecule has 1 fully saturated rings. The summed E-state index contributed by atoms with van der Waals surface area (Å²) in [5.41, 5.74) is 1.73. The van der Waals surface area contributed by atoms with Crippen LogP contribution in [0.2, 0.25) is 0 Å². The Labute approximate surface area is 69.1 Å². The molecule has 1 atom stereocenters. The van der Waals surface area contributed by atoms with E-state index in [0.717, 1.165) is 5.92 Å². The van der Waals surface area contributed by atoms with Crippen molar-refractivity contribution in [2.24, 2.45) is 5.92 Å². The van der Waals surface area contributed by atoms with Crippen molar-refractivity contribution in [1.29, 1.82) is 0 Å². The molecule has 1 unspecified atom stereocenters. The molecule has 1 nitrogen and oxygen atoms in total. The lowest BCUT2D eigenvalue weighted by molar-refractivity contribution is -0.495. The third-order valence-corrected chi connectivity index (χ3v) is 3.17. The summed E-state index contributed by atoms with van der Waals surface area (Å²) in [6, 6.07) is 0. The van der Waals surface area contributed by atoms with Crippen LogP contribution in [-0.4, -0.2) is 23.9 Å². The predicted octanol–water partition coefficient (Wildman–Crippen LogP) is 2.05. The average molecular weight is 152 g/mol. The Morgan fingerprint density at radius 1 is 1.27 bits per heavy atom. The summed E-state index contributed by atoms with van der Waals surface area (Å²) in [6.45, 7) is 1.34. The molecule has 0 spiro atoms. The van der Waals surface area contributed by atoms with Crippen molar-refractivity contribution in [3.8, 4) is 0 Å². The van der Waals surface area contributed by atoms with Crippen molar-refractivity contribution in [2.45, 2.75) is 38.5 Å². The summed E-state index contributed by atoms with van der Waals surface area (Å²) in [4.78, 5) is 0. The van der Waals surface area contributed by atoms with E-state index in [2.05, 4.69) is 11.6 Å². The second-order valence-electron chi connectivity index (χ2n) is 4.12. The molecule has 0 aromatic heterocycles. The van der Waals surface area contributed by atoms with Gasteiger partial charge < -0.3 is 0 Å². The molecule has 11 heavy (non-hydrogen) atoms. The molecule has 1 saturated carbocycles. The van der Waals surface area contributed by atoms with Crippen molar-refractivity contribution < 1.29 is 4.58 Å². The number of hydrogen-bond donors (Lipinski definition) is 0. The second-order valence-corrected chi connectivity index (χ2v) is 4.12. The Bertz CT molecular complexity index is 181. The minimum atomic E-state index is 1.01. The molecule has 62 valence electrons. The molecule has 0 radical (unpaired) electrons. The Hall–Kier alpha value is -0.330. The van der Waals surface area contributed by atoms with Gasteiger partial charge in [-0.3, -0.25) is 0 Å². The maximum Gasteiger partial charge on any atom is 0.152 e. The van der Waals surface area contributed by atoms with Gasteiger partial charge in [-0.15, -0.1) is 0 Å². The highest BCUT2D eigenvalue weighted by Gasteiger charge is 2.29. The molecular formula is C10H18N+. The Morgan fingerprint density at radius 3 is 3.09 bits per heavy atom. The minimum Gasteiger partial charge on any atom is -0.239 e. The Kier molecular flexibility index (Phi) is 1.97. The molecule has 0 aromatic carbocycles. The van der Waals surface area contributed by atoms with E-state index in [1.54, 1.807) is 5.71 Å². The predicted molar refractivity (Wildman–Crippen MR) is 47.3 cm³/mol. The molecule has 1 aliphatic heterocycles. The highest BCUT2D eigenvalue weighted by atomic mass is 15.0. The van der Waals surface area contributed by atoms with Crippen LogP contribution in [0.5, 0.6) is 0 Å². The molecule has 0 aromatic rings. The van der Waals surface area contributed by atoms with Crippen LogP contribution < -0.4 is 0 Å².